The average molecular weight is 231 g/mol. The van der Waals surface area contributed by atoms with E-state index in [1.54, 1.807) is 6.20 Å². The van der Waals surface area contributed by atoms with Gasteiger partial charge in [-0.3, -0.25) is 0 Å². The summed E-state index contributed by atoms with van der Waals surface area (Å²) in [6, 6.07) is 1.85. The van der Waals surface area contributed by atoms with Crippen LogP contribution in [-0.4, -0.2) is 11.0 Å². The lowest BCUT2D eigenvalue weighted by Gasteiger charge is -2.03. The first-order chi connectivity index (χ1) is 5.75. The molecule has 0 radical (unpaired) electrons. The Morgan fingerprint density at radius 2 is 2.33 bits per heavy atom. The van der Waals surface area contributed by atoms with E-state index in [4.69, 9.17) is 0 Å². The number of rotatable bonds is 2. The number of hydrogen-bond acceptors (Lipinski definition) is 2. The molecule has 2 nitrogen and oxygen atoms in total. The minimum atomic E-state index is -0.295. The van der Waals surface area contributed by atoms with Crippen molar-refractivity contribution in [2.24, 2.45) is 0 Å². The molecule has 0 spiro atoms. The molecule has 0 aromatic carbocycles. The van der Waals surface area contributed by atoms with Crippen LogP contribution in [0.15, 0.2) is 16.7 Å². The lowest BCUT2D eigenvalue weighted by Crippen LogP contribution is -2.04. The van der Waals surface area contributed by atoms with Crippen LogP contribution in [0.4, 0.5) is 10.2 Å². The largest absolute Gasteiger partial charge is 0.365 e. The molecule has 12 heavy (non-hydrogen) atoms. The van der Waals surface area contributed by atoms with Gasteiger partial charge in [0.15, 0.2) is 11.6 Å². The molecule has 0 amide bonds. The first-order valence-electron chi connectivity index (χ1n) is 3.83. The van der Waals surface area contributed by atoms with Gasteiger partial charge in [-0.25, -0.2) is 9.37 Å². The summed E-state index contributed by atoms with van der Waals surface area (Å²) in [6.07, 6.45) is 3.84. The summed E-state index contributed by atoms with van der Waals surface area (Å²) in [5.74, 6) is 0.0666. The predicted molar refractivity (Wildman–Crippen MR) is 48.5 cm³/mol. The van der Waals surface area contributed by atoms with Crippen molar-refractivity contribution >= 4 is 21.7 Å². The molecule has 1 saturated carbocycles. The van der Waals surface area contributed by atoms with Crippen molar-refractivity contribution in [2.75, 3.05) is 5.32 Å². The average Bonchev–Trinajstić information content (AvgIpc) is 2.79. The number of pyridine rings is 1. The third-order valence-corrected chi connectivity index (χ3v) is 2.16. The molecule has 0 bridgehead atoms. The minimum Gasteiger partial charge on any atom is -0.365 e. The summed E-state index contributed by atoms with van der Waals surface area (Å²) < 4.78 is 13.8. The zero-order valence-electron chi connectivity index (χ0n) is 6.35. The number of anilines is 1. The van der Waals surface area contributed by atoms with E-state index in [1.807, 2.05) is 0 Å². The predicted octanol–water partition coefficient (Wildman–Crippen LogP) is 2.56. The van der Waals surface area contributed by atoms with Crippen LogP contribution in [0, 0.1) is 5.82 Å². The van der Waals surface area contributed by atoms with Gasteiger partial charge in [0.25, 0.3) is 0 Å². The van der Waals surface area contributed by atoms with Crippen molar-refractivity contribution in [1.29, 1.82) is 0 Å². The van der Waals surface area contributed by atoms with Gasteiger partial charge in [-0.1, -0.05) is 0 Å². The second-order valence-electron chi connectivity index (χ2n) is 2.90. The van der Waals surface area contributed by atoms with Crippen LogP contribution < -0.4 is 5.32 Å². The molecule has 1 N–H and O–H groups in total. The maximum Gasteiger partial charge on any atom is 0.166 e. The van der Waals surface area contributed by atoms with Crippen molar-refractivity contribution in [1.82, 2.24) is 4.98 Å². The molecular formula is C8H8BrFN2. The highest BCUT2D eigenvalue weighted by Gasteiger charge is 2.22. The summed E-state index contributed by atoms with van der Waals surface area (Å²) in [6.45, 7) is 0. The maximum atomic E-state index is 13.1. The number of nitrogens with zero attached hydrogens (tertiary/aromatic N) is 1. The van der Waals surface area contributed by atoms with Crippen molar-refractivity contribution < 1.29 is 4.39 Å². The molecule has 0 saturated heterocycles. The van der Waals surface area contributed by atoms with Crippen molar-refractivity contribution in [3.05, 3.63) is 22.6 Å². The molecule has 64 valence electrons. The Kier molecular flexibility index (Phi) is 2.00. The van der Waals surface area contributed by atoms with Gasteiger partial charge >= 0.3 is 0 Å². The third kappa shape index (κ3) is 1.75. The van der Waals surface area contributed by atoms with Crippen molar-refractivity contribution in [3.8, 4) is 0 Å². The highest BCUT2D eigenvalue weighted by atomic mass is 79.9. The fourth-order valence-corrected chi connectivity index (χ4v) is 1.25. The van der Waals surface area contributed by atoms with Crippen LogP contribution in [0.1, 0.15) is 12.8 Å². The van der Waals surface area contributed by atoms with E-state index in [-0.39, 0.29) is 5.82 Å². The number of aromatic nitrogens is 1. The Balaban J connectivity index is 2.18. The highest BCUT2D eigenvalue weighted by molar-refractivity contribution is 9.10. The van der Waals surface area contributed by atoms with E-state index in [0.29, 0.717) is 16.3 Å². The smallest absolute Gasteiger partial charge is 0.166 e. The maximum absolute atomic E-state index is 13.1. The molecule has 1 heterocycles. The van der Waals surface area contributed by atoms with Crippen LogP contribution >= 0.6 is 15.9 Å². The van der Waals surface area contributed by atoms with Crippen LogP contribution in [0.5, 0.6) is 0 Å². The Hall–Kier alpha value is -0.640. The first kappa shape index (κ1) is 7.98. The van der Waals surface area contributed by atoms with E-state index in [1.165, 1.54) is 6.07 Å². The summed E-state index contributed by atoms with van der Waals surface area (Å²) in [5, 5.41) is 3.00. The van der Waals surface area contributed by atoms with Crippen LogP contribution in [0.2, 0.25) is 0 Å². The summed E-state index contributed by atoms with van der Waals surface area (Å²) in [5.41, 5.74) is 0. The lowest BCUT2D eigenvalue weighted by molar-refractivity contribution is 0.623. The Morgan fingerprint density at radius 3 is 2.92 bits per heavy atom. The van der Waals surface area contributed by atoms with E-state index in [9.17, 15) is 4.39 Å². The molecule has 1 aliphatic carbocycles. The Labute approximate surface area is 78.3 Å². The molecule has 0 aliphatic heterocycles. The fourth-order valence-electron chi connectivity index (χ4n) is 0.942. The first-order valence-corrected chi connectivity index (χ1v) is 4.62. The van der Waals surface area contributed by atoms with E-state index >= 15 is 0 Å². The second kappa shape index (κ2) is 3.01. The normalized spacial score (nSPS) is 16.2. The molecule has 4 heteroatoms. The third-order valence-electron chi connectivity index (χ3n) is 1.73. The number of halogens is 2. The molecule has 1 fully saturated rings. The van der Waals surface area contributed by atoms with Gasteiger partial charge in [0.2, 0.25) is 0 Å². The number of hydrogen-bond donors (Lipinski definition) is 1. The lowest BCUT2D eigenvalue weighted by atomic mass is 10.4. The Morgan fingerprint density at radius 1 is 1.58 bits per heavy atom. The van der Waals surface area contributed by atoms with Gasteiger partial charge in [-0.05, 0) is 34.8 Å². The minimum absolute atomic E-state index is 0.295. The topological polar surface area (TPSA) is 24.9 Å². The molecule has 0 atom stereocenters. The Bertz CT molecular complexity index is 299. The van der Waals surface area contributed by atoms with Gasteiger partial charge in [0.1, 0.15) is 0 Å². The van der Waals surface area contributed by atoms with E-state index < -0.39 is 0 Å². The van der Waals surface area contributed by atoms with Gasteiger partial charge in [0, 0.05) is 16.7 Å². The second-order valence-corrected chi connectivity index (χ2v) is 3.82. The van der Waals surface area contributed by atoms with E-state index in [0.717, 1.165) is 12.8 Å². The summed E-state index contributed by atoms with van der Waals surface area (Å²) in [7, 11) is 0. The molecule has 1 aliphatic rings. The quantitative estimate of drug-likeness (QED) is 0.845. The monoisotopic (exact) mass is 230 g/mol. The molecule has 2 rings (SSSR count). The fraction of sp³-hybridized carbons (Fsp3) is 0.375. The molecule has 1 aromatic rings. The van der Waals surface area contributed by atoms with Gasteiger partial charge in [-0.15, -0.1) is 0 Å². The van der Waals surface area contributed by atoms with Gasteiger partial charge < -0.3 is 5.32 Å². The summed E-state index contributed by atoms with van der Waals surface area (Å²) in [4.78, 5) is 3.92. The van der Waals surface area contributed by atoms with Crippen molar-refractivity contribution in [3.63, 3.8) is 0 Å². The highest BCUT2D eigenvalue weighted by Crippen LogP contribution is 2.25. The van der Waals surface area contributed by atoms with Gasteiger partial charge in [0.05, 0.1) is 0 Å². The van der Waals surface area contributed by atoms with E-state index in [2.05, 4.69) is 26.2 Å². The van der Waals surface area contributed by atoms with Crippen LogP contribution in [0.3, 0.4) is 0 Å². The van der Waals surface area contributed by atoms with Crippen LogP contribution in [-0.2, 0) is 0 Å². The van der Waals surface area contributed by atoms with Crippen molar-refractivity contribution in [2.45, 2.75) is 18.9 Å². The standard InChI is InChI=1S/C8H8BrFN2/c9-5-3-7(10)8(11-4-5)12-6-1-2-6/h3-4,6H,1-2H2,(H,11,12). The molecular weight excluding hydrogens is 223 g/mol. The zero-order valence-corrected chi connectivity index (χ0v) is 7.94. The molecule has 0 unspecified atom stereocenters. The summed E-state index contributed by atoms with van der Waals surface area (Å²) >= 11 is 3.15. The van der Waals surface area contributed by atoms with Crippen LogP contribution in [0.25, 0.3) is 0 Å². The number of nitrogens with one attached hydrogen (secondary N) is 1. The SMILES string of the molecule is Fc1cc(Br)cnc1NC1CC1. The van der Waals surface area contributed by atoms with Gasteiger partial charge in [-0.2, -0.15) is 0 Å². The molecule has 1 aromatic heterocycles. The zero-order chi connectivity index (χ0) is 8.55.